The van der Waals surface area contributed by atoms with E-state index in [4.69, 9.17) is 10.7 Å². The molecule has 0 aromatic heterocycles. The van der Waals surface area contributed by atoms with Gasteiger partial charge in [0.25, 0.3) is 0 Å². The molecule has 1 aliphatic rings. The molecule has 0 aliphatic carbocycles. The number of aryl methyl sites for hydroxylation is 2. The number of benzene rings is 1. The Kier molecular flexibility index (Phi) is 3.28. The molecule has 1 heterocycles. The van der Waals surface area contributed by atoms with E-state index in [0.29, 0.717) is 6.42 Å². The Bertz CT molecular complexity index is 468. The lowest BCUT2D eigenvalue weighted by atomic mass is 10.1. The minimum absolute atomic E-state index is 0.0119. The monoisotopic (exact) mass is 262 g/mol. The van der Waals surface area contributed by atoms with Crippen molar-refractivity contribution in [3.63, 3.8) is 0 Å². The highest BCUT2D eigenvalue weighted by atomic mass is 35.7. The van der Waals surface area contributed by atoms with Gasteiger partial charge in [-0.15, -0.1) is 11.8 Å². The summed E-state index contributed by atoms with van der Waals surface area (Å²) in [5, 5.41) is 0. The van der Waals surface area contributed by atoms with Gasteiger partial charge in [-0.2, -0.15) is 0 Å². The third kappa shape index (κ3) is 3.13. The smallest absolute Gasteiger partial charge is 0.212 e. The van der Waals surface area contributed by atoms with Gasteiger partial charge < -0.3 is 0 Å². The van der Waals surface area contributed by atoms with Crippen LogP contribution in [0, 0.1) is 0 Å². The van der Waals surface area contributed by atoms with Crippen molar-refractivity contribution >= 4 is 31.5 Å². The summed E-state index contributed by atoms with van der Waals surface area (Å²) < 4.78 is 21.6. The Balaban J connectivity index is 2.10. The summed E-state index contributed by atoms with van der Waals surface area (Å²) in [5.74, 6) is 1.14. The molecule has 0 radical (unpaired) electrons. The molecule has 82 valence electrons. The highest BCUT2D eigenvalue weighted by molar-refractivity contribution is 8.13. The summed E-state index contributed by atoms with van der Waals surface area (Å²) in [6, 6.07) is 6.16. The van der Waals surface area contributed by atoms with Crippen molar-refractivity contribution in [3.05, 3.63) is 29.3 Å². The van der Waals surface area contributed by atoms with Gasteiger partial charge in [-0.25, -0.2) is 8.42 Å². The standard InChI is InChI=1S/C10H11ClO2S2/c11-15(12,13)6-4-8-1-2-9-3-5-14-10(9)7-8/h1-2,7H,3-6H2. The van der Waals surface area contributed by atoms with Crippen LogP contribution in [0.25, 0.3) is 0 Å². The first-order chi connectivity index (χ1) is 7.04. The van der Waals surface area contributed by atoms with Crippen molar-refractivity contribution in [2.75, 3.05) is 11.5 Å². The van der Waals surface area contributed by atoms with Gasteiger partial charge in [-0.1, -0.05) is 12.1 Å². The van der Waals surface area contributed by atoms with Crippen LogP contribution >= 0.6 is 22.4 Å². The summed E-state index contributed by atoms with van der Waals surface area (Å²) in [4.78, 5) is 1.29. The average molecular weight is 263 g/mol. The normalized spacial score (nSPS) is 15.3. The van der Waals surface area contributed by atoms with Crippen LogP contribution < -0.4 is 0 Å². The second kappa shape index (κ2) is 4.36. The predicted molar refractivity (Wildman–Crippen MR) is 64.2 cm³/mol. The van der Waals surface area contributed by atoms with Gasteiger partial charge in [0, 0.05) is 21.3 Å². The lowest BCUT2D eigenvalue weighted by Gasteiger charge is -2.02. The van der Waals surface area contributed by atoms with E-state index >= 15 is 0 Å². The summed E-state index contributed by atoms with van der Waals surface area (Å²) >= 11 is 1.83. The van der Waals surface area contributed by atoms with E-state index in [1.165, 1.54) is 10.5 Å². The van der Waals surface area contributed by atoms with Gasteiger partial charge in [-0.05, 0) is 30.0 Å². The Hall–Kier alpha value is -0.190. The van der Waals surface area contributed by atoms with Crippen LogP contribution in [0.3, 0.4) is 0 Å². The van der Waals surface area contributed by atoms with Crippen LogP contribution in [-0.4, -0.2) is 19.9 Å². The van der Waals surface area contributed by atoms with Crippen molar-refractivity contribution in [1.29, 1.82) is 0 Å². The highest BCUT2D eigenvalue weighted by Crippen LogP contribution is 2.31. The summed E-state index contributed by atoms with van der Waals surface area (Å²) in [5.41, 5.74) is 2.42. The summed E-state index contributed by atoms with van der Waals surface area (Å²) in [6.07, 6.45) is 1.62. The predicted octanol–water partition coefficient (Wildman–Crippen LogP) is 2.45. The number of rotatable bonds is 3. The number of halogens is 1. The van der Waals surface area contributed by atoms with Crippen molar-refractivity contribution in [3.8, 4) is 0 Å². The van der Waals surface area contributed by atoms with Crippen molar-refractivity contribution in [2.24, 2.45) is 0 Å². The lowest BCUT2D eigenvalue weighted by molar-refractivity contribution is 0.609. The van der Waals surface area contributed by atoms with E-state index in [0.717, 1.165) is 17.7 Å². The minimum Gasteiger partial charge on any atom is -0.212 e. The Labute approximate surface area is 98.4 Å². The fourth-order valence-electron chi connectivity index (χ4n) is 1.61. The fourth-order valence-corrected chi connectivity index (χ4v) is 3.45. The van der Waals surface area contributed by atoms with Crippen LogP contribution in [0.2, 0.25) is 0 Å². The average Bonchev–Trinajstić information content (AvgIpc) is 2.60. The summed E-state index contributed by atoms with van der Waals surface area (Å²) in [7, 11) is 1.80. The second-order valence-electron chi connectivity index (χ2n) is 3.53. The first kappa shape index (κ1) is 11.3. The molecule has 1 aromatic carbocycles. The van der Waals surface area contributed by atoms with Crippen molar-refractivity contribution < 1.29 is 8.42 Å². The molecule has 0 unspecified atom stereocenters. The number of hydrogen-bond donors (Lipinski definition) is 0. The molecule has 1 aromatic rings. The molecule has 0 bridgehead atoms. The molecule has 0 atom stereocenters. The van der Waals surface area contributed by atoms with Gasteiger partial charge in [-0.3, -0.25) is 0 Å². The maximum absolute atomic E-state index is 10.8. The first-order valence-electron chi connectivity index (χ1n) is 4.71. The summed E-state index contributed by atoms with van der Waals surface area (Å²) in [6.45, 7) is 0. The van der Waals surface area contributed by atoms with Gasteiger partial charge in [0.15, 0.2) is 0 Å². The van der Waals surface area contributed by atoms with E-state index in [1.807, 2.05) is 17.8 Å². The number of thioether (sulfide) groups is 1. The molecule has 0 spiro atoms. The number of fused-ring (bicyclic) bond motifs is 1. The van der Waals surface area contributed by atoms with Gasteiger partial charge in [0.1, 0.15) is 0 Å². The van der Waals surface area contributed by atoms with Crippen molar-refractivity contribution in [2.45, 2.75) is 17.7 Å². The molecule has 1 aliphatic heterocycles. The molecule has 2 rings (SSSR count). The fraction of sp³-hybridized carbons (Fsp3) is 0.400. The van der Waals surface area contributed by atoms with Crippen molar-refractivity contribution in [1.82, 2.24) is 0 Å². The van der Waals surface area contributed by atoms with Gasteiger partial charge >= 0.3 is 0 Å². The zero-order valence-electron chi connectivity index (χ0n) is 8.07. The van der Waals surface area contributed by atoms with Crippen LogP contribution in [-0.2, 0) is 21.9 Å². The van der Waals surface area contributed by atoms with Gasteiger partial charge in [0.2, 0.25) is 9.05 Å². The maximum atomic E-state index is 10.8. The molecule has 15 heavy (non-hydrogen) atoms. The number of hydrogen-bond acceptors (Lipinski definition) is 3. The van der Waals surface area contributed by atoms with E-state index < -0.39 is 9.05 Å². The molecular formula is C10H11ClO2S2. The SMILES string of the molecule is O=S(=O)(Cl)CCc1ccc2c(c1)SCC2. The molecule has 0 amide bonds. The van der Waals surface area contributed by atoms with Crippen LogP contribution in [0.15, 0.2) is 23.1 Å². The zero-order chi connectivity index (χ0) is 10.9. The quantitative estimate of drug-likeness (QED) is 0.785. The van der Waals surface area contributed by atoms with E-state index in [-0.39, 0.29) is 5.75 Å². The molecule has 0 saturated carbocycles. The van der Waals surface area contributed by atoms with E-state index in [2.05, 4.69) is 12.1 Å². The van der Waals surface area contributed by atoms with E-state index in [1.54, 1.807) is 0 Å². The van der Waals surface area contributed by atoms with Gasteiger partial charge in [0.05, 0.1) is 5.75 Å². The Morgan fingerprint density at radius 3 is 2.93 bits per heavy atom. The Morgan fingerprint density at radius 1 is 1.40 bits per heavy atom. The molecular weight excluding hydrogens is 252 g/mol. The highest BCUT2D eigenvalue weighted by Gasteiger charge is 2.12. The second-order valence-corrected chi connectivity index (χ2v) is 7.57. The minimum atomic E-state index is -3.37. The topological polar surface area (TPSA) is 34.1 Å². The van der Waals surface area contributed by atoms with Crippen LogP contribution in [0.5, 0.6) is 0 Å². The van der Waals surface area contributed by atoms with Crippen LogP contribution in [0.4, 0.5) is 0 Å². The lowest BCUT2D eigenvalue weighted by Crippen LogP contribution is -2.01. The third-order valence-corrected chi connectivity index (χ3v) is 4.65. The molecule has 0 fully saturated rings. The molecule has 0 saturated heterocycles. The largest absolute Gasteiger partial charge is 0.232 e. The molecule has 0 N–H and O–H groups in total. The molecule has 2 nitrogen and oxygen atoms in total. The zero-order valence-corrected chi connectivity index (χ0v) is 10.5. The maximum Gasteiger partial charge on any atom is 0.232 e. The Morgan fingerprint density at radius 2 is 2.20 bits per heavy atom. The van der Waals surface area contributed by atoms with Crippen LogP contribution in [0.1, 0.15) is 11.1 Å². The third-order valence-electron chi connectivity index (χ3n) is 2.40. The first-order valence-corrected chi connectivity index (χ1v) is 8.18. The van der Waals surface area contributed by atoms with E-state index in [9.17, 15) is 8.42 Å². The molecule has 5 heteroatoms.